The van der Waals surface area contributed by atoms with Gasteiger partial charge >= 0.3 is 12.1 Å². The van der Waals surface area contributed by atoms with Gasteiger partial charge in [-0.1, -0.05) is 5.16 Å². The minimum Gasteiger partial charge on any atom is -0.477 e. The van der Waals surface area contributed by atoms with Gasteiger partial charge in [0.1, 0.15) is 36.0 Å². The molecule has 2 atom stereocenters. The molecule has 1 aromatic heterocycles. The van der Waals surface area contributed by atoms with E-state index in [9.17, 15) is 29.5 Å². The minimum atomic E-state index is -1.38. The Kier molecular flexibility index (Phi) is 6.54. The predicted molar refractivity (Wildman–Crippen MR) is 122 cm³/mol. The first kappa shape index (κ1) is 24.3. The van der Waals surface area contributed by atoms with Gasteiger partial charge in [0.15, 0.2) is 10.8 Å². The number of nitrogens with two attached hydrogens (primary N) is 2. The maximum absolute atomic E-state index is 13.0. The molecule has 1 aliphatic carbocycles. The van der Waals surface area contributed by atoms with Gasteiger partial charge in [0.2, 0.25) is 0 Å². The summed E-state index contributed by atoms with van der Waals surface area (Å²) in [7, 11) is 0. The van der Waals surface area contributed by atoms with Crippen LogP contribution in [-0.2, 0) is 24.0 Å². The number of hydrogen-bond donors (Lipinski definition) is 4. The second kappa shape index (κ2) is 9.43. The number of nitrogen functional groups attached to an aromatic ring is 1. The lowest BCUT2D eigenvalue weighted by Crippen LogP contribution is -2.71. The van der Waals surface area contributed by atoms with Crippen LogP contribution in [0.5, 0.6) is 0 Å². The van der Waals surface area contributed by atoms with Crippen LogP contribution in [0.2, 0.25) is 0 Å². The molecule has 3 aliphatic rings. The van der Waals surface area contributed by atoms with Gasteiger partial charge in [-0.3, -0.25) is 14.5 Å². The Hall–Kier alpha value is -3.84. The molecular weight excluding hydrogens is 502 g/mol. The van der Waals surface area contributed by atoms with E-state index in [2.05, 4.69) is 26.3 Å². The zero-order chi connectivity index (χ0) is 25.3. The fraction of sp³-hybridized carbons (Fsp3) is 0.421. The first-order chi connectivity index (χ1) is 16.7. The minimum absolute atomic E-state index is 0.00255. The van der Waals surface area contributed by atoms with Crippen molar-refractivity contribution in [1.29, 1.82) is 5.26 Å². The third kappa shape index (κ3) is 4.86. The van der Waals surface area contributed by atoms with E-state index < -0.39 is 40.7 Å². The molecule has 3 amide bonds. The molecule has 16 heteroatoms. The van der Waals surface area contributed by atoms with E-state index >= 15 is 0 Å². The highest BCUT2D eigenvalue weighted by Crippen LogP contribution is 2.45. The van der Waals surface area contributed by atoms with Gasteiger partial charge < -0.3 is 31.5 Å². The summed E-state index contributed by atoms with van der Waals surface area (Å²) < 4.78 is 4.68. The first-order valence-electron chi connectivity index (χ1n) is 10.1. The lowest BCUT2D eigenvalue weighted by atomic mass is 10.0. The van der Waals surface area contributed by atoms with Crippen molar-refractivity contribution in [2.75, 3.05) is 24.7 Å². The summed E-state index contributed by atoms with van der Waals surface area (Å²) in [5.74, 6) is -2.68. The van der Waals surface area contributed by atoms with Crippen LogP contribution in [0.1, 0.15) is 18.5 Å². The zero-order valence-corrected chi connectivity index (χ0v) is 19.6. The molecule has 2 aliphatic heterocycles. The Labute approximate surface area is 205 Å². The number of rotatable bonds is 9. The number of oxime groups is 1. The third-order valence-electron chi connectivity index (χ3n) is 5.49. The number of amides is 3. The molecule has 0 radical (unpaired) electrons. The van der Waals surface area contributed by atoms with Crippen LogP contribution in [-0.4, -0.2) is 75.0 Å². The Balaban J connectivity index is 1.49. The number of fused-ring (bicyclic) bond motifs is 1. The standard InChI is InChI=1S/C19H19N7O7S2/c20-6-19(1-2-19)7-33-25-10(9-5-35-17(21)23-9)13(27)24-11-14(28)26-12(16(29)30)8(3-32-18(22)31)4-34-15(11)26/h5,11,15H,1-4,7H2,(H2,21,23)(H2,22,31)(H,24,27)(H,29,30)/b25-10-/t11-,15-/m1/s1. The Morgan fingerprint density at radius 2 is 2.17 bits per heavy atom. The molecule has 1 aromatic rings. The molecule has 3 heterocycles. The van der Waals surface area contributed by atoms with Gasteiger partial charge in [-0.15, -0.1) is 23.1 Å². The number of carboxylic acids is 1. The number of ether oxygens (including phenoxy) is 1. The number of primary amides is 1. The van der Waals surface area contributed by atoms with Crippen molar-refractivity contribution in [3.8, 4) is 6.07 Å². The molecule has 14 nitrogen and oxygen atoms in total. The highest BCUT2D eigenvalue weighted by Gasteiger charge is 2.54. The van der Waals surface area contributed by atoms with Crippen molar-refractivity contribution in [3.63, 3.8) is 0 Å². The monoisotopic (exact) mass is 521 g/mol. The quantitative estimate of drug-likeness (QED) is 0.185. The number of carbonyl (C=O) groups excluding carboxylic acids is 3. The summed E-state index contributed by atoms with van der Waals surface area (Å²) in [6.07, 6.45) is 0.261. The van der Waals surface area contributed by atoms with Crippen molar-refractivity contribution >= 4 is 57.8 Å². The summed E-state index contributed by atoms with van der Waals surface area (Å²) in [5.41, 5.74) is 9.77. The number of aliphatic carboxylic acids is 1. The van der Waals surface area contributed by atoms with Gasteiger partial charge in [-0.25, -0.2) is 14.6 Å². The molecule has 0 aromatic carbocycles. The summed E-state index contributed by atoms with van der Waals surface area (Å²) in [6, 6.07) is 1.10. The number of aromatic nitrogens is 1. The van der Waals surface area contributed by atoms with Crippen LogP contribution in [0.15, 0.2) is 21.8 Å². The van der Waals surface area contributed by atoms with Gasteiger partial charge in [0, 0.05) is 16.7 Å². The SMILES string of the molecule is N#CC1(CO/N=C(\C(=O)N[C@@H]2C(=O)N3C(C(=O)O)=C(COC(N)=O)CS[C@H]23)c2csc(N)n2)CC1. The molecule has 4 rings (SSSR count). The second-order valence-corrected chi connectivity index (χ2v) is 9.90. The number of nitriles is 1. The first-order valence-corrected chi connectivity index (χ1v) is 12.0. The van der Waals surface area contributed by atoms with E-state index in [1.165, 1.54) is 17.1 Å². The Morgan fingerprint density at radius 1 is 1.43 bits per heavy atom. The lowest BCUT2D eigenvalue weighted by molar-refractivity contribution is -0.150. The number of hydrogen-bond acceptors (Lipinski definition) is 12. The van der Waals surface area contributed by atoms with E-state index in [1.807, 2.05) is 0 Å². The number of carbonyl (C=O) groups is 4. The molecular formula is C19H19N7O7S2. The number of thioether (sulfide) groups is 1. The smallest absolute Gasteiger partial charge is 0.404 e. The summed E-state index contributed by atoms with van der Waals surface area (Å²) in [5, 5.41) is 26.2. The van der Waals surface area contributed by atoms with E-state index in [-0.39, 0.29) is 46.8 Å². The van der Waals surface area contributed by atoms with Gasteiger partial charge in [-0.05, 0) is 12.8 Å². The van der Waals surface area contributed by atoms with Gasteiger partial charge in [-0.2, -0.15) is 5.26 Å². The van der Waals surface area contributed by atoms with Crippen LogP contribution in [0.4, 0.5) is 9.93 Å². The second-order valence-electron chi connectivity index (χ2n) is 7.90. The fourth-order valence-corrected chi connectivity index (χ4v) is 5.30. The van der Waals surface area contributed by atoms with Crippen LogP contribution in [0.3, 0.4) is 0 Å². The molecule has 35 heavy (non-hydrogen) atoms. The largest absolute Gasteiger partial charge is 0.477 e. The number of β-lactam (4-membered cyclic amide) rings is 1. The number of carboxylic acid groups (broad SMARTS) is 1. The summed E-state index contributed by atoms with van der Waals surface area (Å²) >= 11 is 2.26. The van der Waals surface area contributed by atoms with Crippen LogP contribution >= 0.6 is 23.1 Å². The maximum Gasteiger partial charge on any atom is 0.404 e. The normalized spacial score (nSPS) is 22.4. The molecule has 0 spiro atoms. The van der Waals surface area contributed by atoms with E-state index in [4.69, 9.17) is 16.3 Å². The molecule has 6 N–H and O–H groups in total. The van der Waals surface area contributed by atoms with Crippen LogP contribution < -0.4 is 16.8 Å². The molecule has 2 fully saturated rings. The molecule has 184 valence electrons. The van der Waals surface area contributed by atoms with Crippen molar-refractivity contribution < 1.29 is 33.9 Å². The highest BCUT2D eigenvalue weighted by molar-refractivity contribution is 8.00. The van der Waals surface area contributed by atoms with Crippen molar-refractivity contribution in [3.05, 3.63) is 22.3 Å². The van der Waals surface area contributed by atoms with Gasteiger partial charge in [0.25, 0.3) is 11.8 Å². The number of anilines is 1. The zero-order valence-electron chi connectivity index (χ0n) is 17.9. The summed E-state index contributed by atoms with van der Waals surface area (Å²) in [6.45, 7) is -0.376. The molecule has 1 saturated carbocycles. The van der Waals surface area contributed by atoms with E-state index in [0.717, 1.165) is 16.2 Å². The van der Waals surface area contributed by atoms with Gasteiger partial charge in [0.05, 0.1) is 11.5 Å². The lowest BCUT2D eigenvalue weighted by Gasteiger charge is -2.49. The average Bonchev–Trinajstić information content (AvgIpc) is 3.48. The van der Waals surface area contributed by atoms with Crippen LogP contribution in [0.25, 0.3) is 0 Å². The van der Waals surface area contributed by atoms with Crippen molar-refractivity contribution in [1.82, 2.24) is 15.2 Å². The van der Waals surface area contributed by atoms with Crippen molar-refractivity contribution in [2.24, 2.45) is 16.3 Å². The van der Waals surface area contributed by atoms with E-state index in [0.29, 0.717) is 12.8 Å². The number of nitrogens with one attached hydrogen (secondary N) is 1. The topological polar surface area (TPSA) is 223 Å². The molecule has 1 saturated heterocycles. The van der Waals surface area contributed by atoms with Crippen LogP contribution in [0, 0.1) is 16.7 Å². The number of nitrogens with zero attached hydrogens (tertiary/aromatic N) is 4. The van der Waals surface area contributed by atoms with E-state index in [1.54, 1.807) is 0 Å². The third-order valence-corrected chi connectivity index (χ3v) is 7.51. The summed E-state index contributed by atoms with van der Waals surface area (Å²) in [4.78, 5) is 58.9. The fourth-order valence-electron chi connectivity index (χ4n) is 3.42. The van der Waals surface area contributed by atoms with Crippen molar-refractivity contribution in [2.45, 2.75) is 24.3 Å². The Morgan fingerprint density at radius 3 is 2.74 bits per heavy atom. The highest BCUT2D eigenvalue weighted by atomic mass is 32.2. The average molecular weight is 522 g/mol. The molecule has 0 bridgehead atoms. The predicted octanol–water partition coefficient (Wildman–Crippen LogP) is -0.416. The number of thiazole rings is 1. The molecule has 0 unspecified atom stereocenters. The maximum atomic E-state index is 13.0. The Bertz CT molecular complexity index is 1200.